The third-order valence-corrected chi connectivity index (χ3v) is 4.95. The molecular weight excluding hydrogens is 306 g/mol. The van der Waals surface area contributed by atoms with Gasteiger partial charge in [-0.3, -0.25) is 10.1 Å². The zero-order valence-corrected chi connectivity index (χ0v) is 13.0. The van der Waals surface area contributed by atoms with E-state index in [0.717, 1.165) is 21.6 Å². The zero-order valence-electron chi connectivity index (χ0n) is 11.3. The molecule has 0 spiro atoms. The van der Waals surface area contributed by atoms with Crippen molar-refractivity contribution >= 4 is 44.3 Å². The predicted octanol–water partition coefficient (Wildman–Crippen LogP) is 4.23. The predicted molar refractivity (Wildman–Crippen MR) is 87.5 cm³/mol. The molecule has 2 aromatic heterocycles. The summed E-state index contributed by atoms with van der Waals surface area (Å²) in [6, 6.07) is 7.44. The van der Waals surface area contributed by atoms with E-state index < -0.39 is 0 Å². The van der Waals surface area contributed by atoms with Crippen LogP contribution in [0, 0.1) is 17.0 Å². The van der Waals surface area contributed by atoms with E-state index in [9.17, 15) is 10.1 Å². The molecule has 0 radical (unpaired) electrons. The van der Waals surface area contributed by atoms with Gasteiger partial charge < -0.3 is 5.32 Å². The average molecular weight is 319 g/mol. The molecule has 0 fully saturated rings. The molecule has 0 amide bonds. The number of nitro benzene ring substituents is 1. The van der Waals surface area contributed by atoms with Crippen LogP contribution in [-0.4, -0.2) is 16.5 Å². The van der Waals surface area contributed by atoms with Gasteiger partial charge in [0, 0.05) is 17.5 Å². The molecule has 0 aliphatic heterocycles. The summed E-state index contributed by atoms with van der Waals surface area (Å²) in [5.41, 5.74) is 1.45. The number of anilines is 1. The van der Waals surface area contributed by atoms with Gasteiger partial charge in [0.1, 0.15) is 5.69 Å². The maximum Gasteiger partial charge on any atom is 0.293 e. The van der Waals surface area contributed by atoms with Gasteiger partial charge >= 0.3 is 0 Å². The number of nitrogens with one attached hydrogen (secondary N) is 1. The molecule has 0 bridgehead atoms. The molecule has 0 atom stereocenters. The fraction of sp³-hybridized carbons (Fsp3) is 0.214. The van der Waals surface area contributed by atoms with Crippen molar-refractivity contribution in [3.8, 4) is 0 Å². The standard InChI is InChI=1S/C14H13N3O2S2/c1-9-16-12-7-11(13(17(18)19)8-14(12)21-9)15-5-4-10-3-2-6-20-10/h2-3,6-8,15H,4-5H2,1H3. The number of thiophene rings is 1. The number of benzene rings is 1. The second kappa shape index (κ2) is 5.79. The van der Waals surface area contributed by atoms with E-state index in [4.69, 9.17) is 0 Å². The molecule has 7 heteroatoms. The van der Waals surface area contributed by atoms with Crippen LogP contribution in [-0.2, 0) is 6.42 Å². The van der Waals surface area contributed by atoms with E-state index in [0.29, 0.717) is 12.2 Å². The minimum atomic E-state index is -0.345. The summed E-state index contributed by atoms with van der Waals surface area (Å²) in [4.78, 5) is 16.5. The number of hydrogen-bond donors (Lipinski definition) is 1. The Morgan fingerprint density at radius 1 is 1.43 bits per heavy atom. The minimum Gasteiger partial charge on any atom is -0.379 e. The molecule has 108 valence electrons. The maximum absolute atomic E-state index is 11.2. The topological polar surface area (TPSA) is 68.1 Å². The van der Waals surface area contributed by atoms with Crippen molar-refractivity contribution in [1.82, 2.24) is 4.98 Å². The Kier molecular flexibility index (Phi) is 3.85. The smallest absolute Gasteiger partial charge is 0.293 e. The second-order valence-electron chi connectivity index (χ2n) is 4.58. The van der Waals surface area contributed by atoms with Gasteiger partial charge in [0.15, 0.2) is 0 Å². The molecule has 0 aliphatic rings. The van der Waals surface area contributed by atoms with E-state index in [1.54, 1.807) is 23.5 Å². The first-order chi connectivity index (χ1) is 10.1. The molecule has 3 rings (SSSR count). The Hall–Kier alpha value is -1.99. The van der Waals surface area contributed by atoms with E-state index in [2.05, 4.69) is 16.4 Å². The fourth-order valence-corrected chi connectivity index (χ4v) is 3.70. The van der Waals surface area contributed by atoms with Crippen LogP contribution in [0.15, 0.2) is 29.6 Å². The highest BCUT2D eigenvalue weighted by molar-refractivity contribution is 7.18. The van der Waals surface area contributed by atoms with E-state index in [1.165, 1.54) is 16.2 Å². The summed E-state index contributed by atoms with van der Waals surface area (Å²) in [5, 5.41) is 17.3. The lowest BCUT2D eigenvalue weighted by atomic mass is 10.2. The second-order valence-corrected chi connectivity index (χ2v) is 6.85. The van der Waals surface area contributed by atoms with Gasteiger partial charge in [-0.15, -0.1) is 22.7 Å². The van der Waals surface area contributed by atoms with Crippen molar-refractivity contribution in [3.63, 3.8) is 0 Å². The highest BCUT2D eigenvalue weighted by atomic mass is 32.1. The molecule has 2 heterocycles. The van der Waals surface area contributed by atoms with Gasteiger partial charge in [-0.1, -0.05) is 6.07 Å². The van der Waals surface area contributed by atoms with E-state index >= 15 is 0 Å². The van der Waals surface area contributed by atoms with Crippen molar-refractivity contribution < 1.29 is 4.92 Å². The number of fused-ring (bicyclic) bond motifs is 1. The number of rotatable bonds is 5. The van der Waals surface area contributed by atoms with Crippen LogP contribution in [0.5, 0.6) is 0 Å². The number of thiazole rings is 1. The van der Waals surface area contributed by atoms with E-state index in [1.807, 2.05) is 18.4 Å². The molecule has 3 aromatic rings. The normalized spacial score (nSPS) is 10.9. The Bertz CT molecular complexity index is 781. The molecule has 21 heavy (non-hydrogen) atoms. The molecule has 5 nitrogen and oxygen atoms in total. The van der Waals surface area contributed by atoms with Gasteiger partial charge in [-0.05, 0) is 30.9 Å². The highest BCUT2D eigenvalue weighted by Crippen LogP contribution is 2.32. The van der Waals surface area contributed by atoms with Gasteiger partial charge in [0.25, 0.3) is 5.69 Å². The molecule has 0 saturated carbocycles. The Labute approximate surface area is 129 Å². The lowest BCUT2D eigenvalue weighted by Gasteiger charge is -2.06. The molecule has 1 N–H and O–H groups in total. The summed E-state index contributed by atoms with van der Waals surface area (Å²) in [6.07, 6.45) is 0.850. The zero-order chi connectivity index (χ0) is 14.8. The molecule has 1 aromatic carbocycles. The van der Waals surface area contributed by atoms with Crippen LogP contribution in [0.25, 0.3) is 10.2 Å². The summed E-state index contributed by atoms with van der Waals surface area (Å²) in [5.74, 6) is 0. The van der Waals surface area contributed by atoms with Gasteiger partial charge in [0.2, 0.25) is 0 Å². The van der Waals surface area contributed by atoms with Crippen LogP contribution in [0.1, 0.15) is 9.88 Å². The number of hydrogen-bond acceptors (Lipinski definition) is 6. The lowest BCUT2D eigenvalue weighted by molar-refractivity contribution is -0.383. The summed E-state index contributed by atoms with van der Waals surface area (Å²) < 4.78 is 0.850. The van der Waals surface area contributed by atoms with Crippen molar-refractivity contribution in [2.45, 2.75) is 13.3 Å². The van der Waals surface area contributed by atoms with Crippen LogP contribution in [0.2, 0.25) is 0 Å². The van der Waals surface area contributed by atoms with Gasteiger partial charge in [0.05, 0.1) is 20.1 Å². The Morgan fingerprint density at radius 2 is 2.29 bits per heavy atom. The first kappa shape index (κ1) is 14.0. The third-order valence-electron chi connectivity index (χ3n) is 3.08. The van der Waals surface area contributed by atoms with E-state index in [-0.39, 0.29) is 10.6 Å². The quantitative estimate of drug-likeness (QED) is 0.564. The number of nitro groups is 1. The third kappa shape index (κ3) is 3.03. The van der Waals surface area contributed by atoms with Crippen LogP contribution >= 0.6 is 22.7 Å². The number of aromatic nitrogens is 1. The minimum absolute atomic E-state index is 0.109. The monoisotopic (exact) mass is 319 g/mol. The van der Waals surface area contributed by atoms with Crippen LogP contribution in [0.4, 0.5) is 11.4 Å². The Morgan fingerprint density at radius 3 is 3.00 bits per heavy atom. The molecule has 0 aliphatic carbocycles. The summed E-state index contributed by atoms with van der Waals surface area (Å²) >= 11 is 3.16. The van der Waals surface area contributed by atoms with Crippen molar-refractivity contribution in [1.29, 1.82) is 0 Å². The highest BCUT2D eigenvalue weighted by Gasteiger charge is 2.16. The summed E-state index contributed by atoms with van der Waals surface area (Å²) in [7, 11) is 0. The first-order valence-electron chi connectivity index (χ1n) is 6.45. The Balaban J connectivity index is 1.84. The van der Waals surface area contributed by atoms with Crippen LogP contribution in [0.3, 0.4) is 0 Å². The lowest BCUT2D eigenvalue weighted by Crippen LogP contribution is -2.06. The fourth-order valence-electron chi connectivity index (χ4n) is 2.15. The van der Waals surface area contributed by atoms with Gasteiger partial charge in [-0.25, -0.2) is 4.98 Å². The largest absolute Gasteiger partial charge is 0.379 e. The molecule has 0 unspecified atom stereocenters. The SMILES string of the molecule is Cc1nc2cc(NCCc3cccs3)c([N+](=O)[O-])cc2s1. The van der Waals surface area contributed by atoms with Crippen molar-refractivity contribution in [2.24, 2.45) is 0 Å². The van der Waals surface area contributed by atoms with Gasteiger partial charge in [-0.2, -0.15) is 0 Å². The number of aryl methyl sites for hydroxylation is 1. The average Bonchev–Trinajstić information content (AvgIpc) is 3.05. The first-order valence-corrected chi connectivity index (χ1v) is 8.15. The number of nitrogens with zero attached hydrogens (tertiary/aromatic N) is 2. The molecular formula is C14H13N3O2S2. The maximum atomic E-state index is 11.2. The molecule has 0 saturated heterocycles. The van der Waals surface area contributed by atoms with Crippen molar-refractivity contribution in [3.05, 3.63) is 49.6 Å². The van der Waals surface area contributed by atoms with Crippen LogP contribution < -0.4 is 5.32 Å². The van der Waals surface area contributed by atoms with Crippen molar-refractivity contribution in [2.75, 3.05) is 11.9 Å². The summed E-state index contributed by atoms with van der Waals surface area (Å²) in [6.45, 7) is 2.57.